The van der Waals surface area contributed by atoms with Gasteiger partial charge in [0.05, 0.1) is 6.10 Å². The zero-order chi connectivity index (χ0) is 9.40. The van der Waals surface area contributed by atoms with Gasteiger partial charge < -0.3 is 10.5 Å². The Kier molecular flexibility index (Phi) is 6.83. The van der Waals surface area contributed by atoms with Gasteiger partial charge in [-0.2, -0.15) is 0 Å². The van der Waals surface area contributed by atoms with Crippen LogP contribution in [0.3, 0.4) is 0 Å². The number of hydrogen-bond donors (Lipinski definition) is 1. The van der Waals surface area contributed by atoms with Crippen LogP contribution in [0.4, 0.5) is 0 Å². The monoisotopic (exact) mass is 168 g/mol. The van der Waals surface area contributed by atoms with E-state index >= 15 is 0 Å². The van der Waals surface area contributed by atoms with Gasteiger partial charge in [-0.1, -0.05) is 0 Å². The van der Waals surface area contributed by atoms with Crippen molar-refractivity contribution in [3.63, 3.8) is 0 Å². The molecule has 0 atom stereocenters. The summed E-state index contributed by atoms with van der Waals surface area (Å²) in [4.78, 5) is 0. The van der Waals surface area contributed by atoms with Crippen molar-refractivity contribution in [2.75, 3.05) is 13.2 Å². The fraction of sp³-hybridized carbons (Fsp3) is 0.875. The van der Waals surface area contributed by atoms with Crippen molar-refractivity contribution < 1.29 is 4.74 Å². The summed E-state index contributed by atoms with van der Waals surface area (Å²) < 4.78 is 5.33. The highest BCUT2D eigenvalue weighted by Gasteiger charge is 2.11. The normalized spacial score (nSPS) is 9.92. The van der Waals surface area contributed by atoms with E-state index in [4.69, 9.17) is 15.7 Å². The number of nitrogens with zero attached hydrogens (tertiary/aromatic N) is 1. The highest BCUT2D eigenvalue weighted by atomic mass is 16.5. The van der Waals surface area contributed by atoms with E-state index in [9.17, 15) is 0 Å². The fourth-order valence-electron chi connectivity index (χ4n) is 0.921. The van der Waals surface area contributed by atoms with E-state index in [0.717, 1.165) is 12.6 Å². The Morgan fingerprint density at radius 1 is 1.50 bits per heavy atom. The van der Waals surface area contributed by atoms with Gasteiger partial charge in [-0.3, -0.25) is 0 Å². The fourth-order valence-corrected chi connectivity index (χ4v) is 0.921. The number of nitrogens with two attached hydrogens (primary N) is 1. The maximum absolute atomic E-state index is 8.66. The minimum Gasteiger partial charge on any atom is -0.379 e. The molecule has 4 heteroatoms. The second-order valence-corrected chi connectivity index (χ2v) is 3.11. The molecular formula is C8H17BN2O. The standard InChI is InChI=1S/C8H17BN2O/c1-8(2)12-6-4-9(7-11)3-5-10/h8H,3-6,10H2,1-2H3. The zero-order valence-electron chi connectivity index (χ0n) is 7.92. The van der Waals surface area contributed by atoms with Gasteiger partial charge in [0.25, 0.3) is 6.71 Å². The van der Waals surface area contributed by atoms with E-state index in [1.54, 1.807) is 0 Å². The molecular weight excluding hydrogens is 151 g/mol. The van der Waals surface area contributed by atoms with Gasteiger partial charge in [0.1, 0.15) is 0 Å². The first-order chi connectivity index (χ1) is 5.70. The molecule has 0 amide bonds. The molecule has 0 aromatic carbocycles. The molecule has 0 rings (SSSR count). The van der Waals surface area contributed by atoms with Crippen molar-refractivity contribution in [3.8, 4) is 5.97 Å². The van der Waals surface area contributed by atoms with Crippen molar-refractivity contribution in [1.82, 2.24) is 0 Å². The van der Waals surface area contributed by atoms with Crippen LogP contribution < -0.4 is 5.73 Å². The Balaban J connectivity index is 3.40. The van der Waals surface area contributed by atoms with Gasteiger partial charge in [0.15, 0.2) is 0 Å². The van der Waals surface area contributed by atoms with Crippen LogP contribution in [0.15, 0.2) is 0 Å². The van der Waals surface area contributed by atoms with Crippen molar-refractivity contribution in [2.24, 2.45) is 5.73 Å². The third kappa shape index (κ3) is 6.20. The van der Waals surface area contributed by atoms with E-state index in [1.165, 1.54) is 0 Å². The summed E-state index contributed by atoms with van der Waals surface area (Å²) >= 11 is 0. The summed E-state index contributed by atoms with van der Waals surface area (Å²) in [6.45, 7) is 5.29. The van der Waals surface area contributed by atoms with E-state index in [1.807, 2.05) is 13.8 Å². The van der Waals surface area contributed by atoms with Crippen LogP contribution in [-0.2, 0) is 4.74 Å². The first kappa shape index (κ1) is 11.5. The molecule has 0 saturated heterocycles. The molecule has 0 heterocycles. The Labute approximate surface area is 75.0 Å². The zero-order valence-corrected chi connectivity index (χ0v) is 7.92. The molecule has 12 heavy (non-hydrogen) atoms. The summed E-state index contributed by atoms with van der Waals surface area (Å²) in [6, 6.07) is 0. The van der Waals surface area contributed by atoms with Crippen LogP contribution in [0.25, 0.3) is 0 Å². The summed E-state index contributed by atoms with van der Waals surface area (Å²) in [5.41, 5.74) is 5.34. The molecule has 0 saturated carbocycles. The van der Waals surface area contributed by atoms with E-state index < -0.39 is 0 Å². The molecule has 0 aliphatic heterocycles. The Morgan fingerprint density at radius 3 is 2.58 bits per heavy atom. The van der Waals surface area contributed by atoms with Crippen LogP contribution >= 0.6 is 0 Å². The maximum Gasteiger partial charge on any atom is 0.271 e. The lowest BCUT2D eigenvalue weighted by molar-refractivity contribution is 0.0896. The minimum atomic E-state index is 0.0637. The van der Waals surface area contributed by atoms with Gasteiger partial charge in [0.2, 0.25) is 0 Å². The topological polar surface area (TPSA) is 59.0 Å². The molecule has 68 valence electrons. The number of hydrogen-bond acceptors (Lipinski definition) is 3. The molecule has 2 N–H and O–H groups in total. The molecule has 0 aliphatic rings. The van der Waals surface area contributed by atoms with Gasteiger partial charge in [0, 0.05) is 12.6 Å². The van der Waals surface area contributed by atoms with Gasteiger partial charge in [-0.15, -0.1) is 0 Å². The molecule has 0 spiro atoms. The van der Waals surface area contributed by atoms with Gasteiger partial charge >= 0.3 is 0 Å². The lowest BCUT2D eigenvalue weighted by Gasteiger charge is -2.07. The molecule has 3 nitrogen and oxygen atoms in total. The second-order valence-electron chi connectivity index (χ2n) is 3.11. The van der Waals surface area contributed by atoms with Gasteiger partial charge in [-0.25, -0.2) is 5.26 Å². The van der Waals surface area contributed by atoms with Crippen molar-refractivity contribution in [3.05, 3.63) is 0 Å². The number of ether oxygens (including phenoxy) is 1. The first-order valence-electron chi connectivity index (χ1n) is 4.42. The van der Waals surface area contributed by atoms with Crippen molar-refractivity contribution >= 4 is 6.71 Å². The molecule has 0 radical (unpaired) electrons. The van der Waals surface area contributed by atoms with Crippen molar-refractivity contribution in [1.29, 1.82) is 5.26 Å². The van der Waals surface area contributed by atoms with Crippen LogP contribution in [0, 0.1) is 11.2 Å². The predicted octanol–water partition coefficient (Wildman–Crippen LogP) is 0.928. The quantitative estimate of drug-likeness (QED) is 0.600. The molecule has 0 aliphatic carbocycles. The molecule has 0 aromatic heterocycles. The van der Waals surface area contributed by atoms with Crippen LogP contribution in [0.1, 0.15) is 13.8 Å². The second kappa shape index (κ2) is 7.14. The summed E-state index contributed by atoms with van der Waals surface area (Å²) in [5, 5.41) is 8.66. The highest BCUT2D eigenvalue weighted by Crippen LogP contribution is 1.99. The van der Waals surface area contributed by atoms with Crippen LogP contribution in [-0.4, -0.2) is 26.0 Å². The Bertz CT molecular complexity index is 144. The maximum atomic E-state index is 8.66. The summed E-state index contributed by atoms with van der Waals surface area (Å²) in [7, 11) is 0. The predicted molar refractivity (Wildman–Crippen MR) is 51.1 cm³/mol. The molecule has 0 unspecified atom stereocenters. The largest absolute Gasteiger partial charge is 0.379 e. The number of rotatable bonds is 6. The Hall–Kier alpha value is -0.525. The average Bonchev–Trinajstić information content (AvgIpc) is 2.02. The first-order valence-corrected chi connectivity index (χ1v) is 4.42. The Morgan fingerprint density at radius 2 is 2.17 bits per heavy atom. The van der Waals surface area contributed by atoms with E-state index in [0.29, 0.717) is 13.2 Å². The van der Waals surface area contributed by atoms with Gasteiger partial charge in [-0.05, 0) is 33.0 Å². The highest BCUT2D eigenvalue weighted by molar-refractivity contribution is 6.66. The minimum absolute atomic E-state index is 0.0637. The summed E-state index contributed by atoms with van der Waals surface area (Å²) in [6.07, 6.45) is 1.83. The number of nitriles is 1. The van der Waals surface area contributed by atoms with Crippen LogP contribution in [0.2, 0.25) is 12.6 Å². The van der Waals surface area contributed by atoms with Crippen molar-refractivity contribution in [2.45, 2.75) is 32.6 Å². The third-order valence-electron chi connectivity index (χ3n) is 1.62. The lowest BCUT2D eigenvalue weighted by Crippen LogP contribution is -2.18. The molecule has 0 fully saturated rings. The lowest BCUT2D eigenvalue weighted by atomic mass is 9.47. The third-order valence-corrected chi connectivity index (χ3v) is 1.62. The van der Waals surface area contributed by atoms with E-state index in [-0.39, 0.29) is 12.8 Å². The molecule has 0 bridgehead atoms. The smallest absolute Gasteiger partial charge is 0.271 e. The average molecular weight is 168 g/mol. The summed E-state index contributed by atoms with van der Waals surface area (Å²) in [5.74, 6) is 2.22. The van der Waals surface area contributed by atoms with E-state index in [2.05, 4.69) is 5.97 Å². The van der Waals surface area contributed by atoms with Crippen LogP contribution in [0.5, 0.6) is 0 Å². The molecule has 0 aromatic rings. The SMILES string of the molecule is CC(C)OCCB(C#N)CCN.